The Morgan fingerprint density at radius 1 is 1.45 bits per heavy atom. The molecule has 1 saturated heterocycles. The van der Waals surface area contributed by atoms with Crippen LogP contribution in [0.2, 0.25) is 0 Å². The third kappa shape index (κ3) is 1.97. The van der Waals surface area contributed by atoms with Crippen LogP contribution in [0.15, 0.2) is 0 Å². The molecule has 1 atom stereocenters. The van der Waals surface area contributed by atoms with E-state index in [9.17, 15) is 0 Å². The average Bonchev–Trinajstić information content (AvgIpc) is 2.49. The van der Waals surface area contributed by atoms with Crippen LogP contribution in [0.4, 0.5) is 0 Å². The first kappa shape index (κ1) is 9.53. The Hall–Kier alpha value is 0.440. The molecule has 0 radical (unpaired) electrons. The fourth-order valence-corrected chi connectivity index (χ4v) is 2.15. The molecule has 0 spiro atoms. The van der Waals surface area contributed by atoms with E-state index in [2.05, 4.69) is 29.8 Å². The van der Waals surface area contributed by atoms with Gasteiger partial charge in [-0.15, -0.1) is 0 Å². The molecule has 2 heteroatoms. The Morgan fingerprint density at radius 2 is 2.09 bits per heavy atom. The first-order valence-electron chi connectivity index (χ1n) is 4.44. The zero-order valence-electron chi connectivity index (χ0n) is 7.40. The van der Waals surface area contributed by atoms with Crippen LogP contribution in [0.3, 0.4) is 0 Å². The van der Waals surface area contributed by atoms with Gasteiger partial charge in [0.15, 0.2) is 0 Å². The summed E-state index contributed by atoms with van der Waals surface area (Å²) in [5.41, 5.74) is 0.498. The third-order valence-corrected chi connectivity index (χ3v) is 3.68. The van der Waals surface area contributed by atoms with Crippen LogP contribution in [0.5, 0.6) is 0 Å². The van der Waals surface area contributed by atoms with Crippen molar-refractivity contribution in [2.45, 2.75) is 39.2 Å². The van der Waals surface area contributed by atoms with Gasteiger partial charge in [0.05, 0.1) is 12.7 Å². The van der Waals surface area contributed by atoms with Crippen molar-refractivity contribution in [1.29, 1.82) is 0 Å². The highest BCUT2D eigenvalue weighted by molar-refractivity contribution is 9.09. The van der Waals surface area contributed by atoms with Crippen LogP contribution >= 0.6 is 15.9 Å². The van der Waals surface area contributed by atoms with E-state index in [1.54, 1.807) is 0 Å². The summed E-state index contributed by atoms with van der Waals surface area (Å²) >= 11 is 3.46. The SMILES string of the molecule is CCC1(CC)COC(CBr)C1. The van der Waals surface area contributed by atoms with Gasteiger partial charge in [0.2, 0.25) is 0 Å². The van der Waals surface area contributed by atoms with Gasteiger partial charge in [0, 0.05) is 5.33 Å². The molecular weight excluding hydrogens is 204 g/mol. The van der Waals surface area contributed by atoms with Crippen molar-refractivity contribution in [3.8, 4) is 0 Å². The molecule has 1 aliphatic rings. The second-order valence-corrected chi connectivity index (χ2v) is 4.15. The van der Waals surface area contributed by atoms with Crippen molar-refractivity contribution in [2.75, 3.05) is 11.9 Å². The molecule has 1 rings (SSSR count). The number of ether oxygens (including phenoxy) is 1. The smallest absolute Gasteiger partial charge is 0.0678 e. The lowest BCUT2D eigenvalue weighted by Gasteiger charge is -2.23. The van der Waals surface area contributed by atoms with E-state index in [0.29, 0.717) is 11.5 Å². The zero-order chi connectivity index (χ0) is 8.32. The zero-order valence-corrected chi connectivity index (χ0v) is 8.99. The normalized spacial score (nSPS) is 29.2. The van der Waals surface area contributed by atoms with Crippen molar-refractivity contribution in [1.82, 2.24) is 0 Å². The predicted molar refractivity (Wildman–Crippen MR) is 51.2 cm³/mol. The molecule has 1 fully saturated rings. The van der Waals surface area contributed by atoms with E-state index in [1.165, 1.54) is 19.3 Å². The number of halogens is 1. The molecular formula is C9H17BrO. The standard InChI is InChI=1S/C9H17BrO/c1-3-9(4-2)5-8(6-10)11-7-9/h8H,3-7H2,1-2H3. The fourth-order valence-electron chi connectivity index (χ4n) is 1.74. The highest BCUT2D eigenvalue weighted by atomic mass is 79.9. The molecule has 0 aromatic carbocycles. The van der Waals surface area contributed by atoms with E-state index in [-0.39, 0.29) is 0 Å². The Kier molecular flexibility index (Phi) is 3.38. The van der Waals surface area contributed by atoms with E-state index in [0.717, 1.165) is 11.9 Å². The largest absolute Gasteiger partial charge is 0.377 e. The summed E-state index contributed by atoms with van der Waals surface area (Å²) in [6, 6.07) is 0. The second-order valence-electron chi connectivity index (χ2n) is 3.50. The highest BCUT2D eigenvalue weighted by Crippen LogP contribution is 2.39. The van der Waals surface area contributed by atoms with E-state index in [4.69, 9.17) is 4.74 Å². The Labute approximate surface area is 77.6 Å². The maximum absolute atomic E-state index is 5.65. The van der Waals surface area contributed by atoms with Gasteiger partial charge in [-0.05, 0) is 24.7 Å². The summed E-state index contributed by atoms with van der Waals surface area (Å²) in [5.74, 6) is 0. The van der Waals surface area contributed by atoms with Crippen molar-refractivity contribution in [3.63, 3.8) is 0 Å². The van der Waals surface area contributed by atoms with Crippen molar-refractivity contribution in [2.24, 2.45) is 5.41 Å². The highest BCUT2D eigenvalue weighted by Gasteiger charge is 2.36. The Balaban J connectivity index is 2.48. The van der Waals surface area contributed by atoms with Crippen LogP contribution in [-0.4, -0.2) is 18.0 Å². The molecule has 0 bridgehead atoms. The topological polar surface area (TPSA) is 9.23 Å². The quantitative estimate of drug-likeness (QED) is 0.665. The number of hydrogen-bond donors (Lipinski definition) is 0. The maximum Gasteiger partial charge on any atom is 0.0678 e. The Bertz CT molecular complexity index is 121. The summed E-state index contributed by atoms with van der Waals surface area (Å²) in [4.78, 5) is 0. The van der Waals surface area contributed by atoms with Gasteiger partial charge in [0.1, 0.15) is 0 Å². The molecule has 1 heterocycles. The summed E-state index contributed by atoms with van der Waals surface area (Å²) in [5, 5.41) is 0.995. The molecule has 1 aliphatic heterocycles. The average molecular weight is 221 g/mol. The predicted octanol–water partition coefficient (Wildman–Crippen LogP) is 2.98. The summed E-state index contributed by atoms with van der Waals surface area (Å²) < 4.78 is 5.65. The van der Waals surface area contributed by atoms with Gasteiger partial charge in [-0.3, -0.25) is 0 Å². The van der Waals surface area contributed by atoms with E-state index >= 15 is 0 Å². The van der Waals surface area contributed by atoms with Crippen LogP contribution in [0.25, 0.3) is 0 Å². The molecule has 0 saturated carbocycles. The third-order valence-electron chi connectivity index (χ3n) is 2.96. The minimum absolute atomic E-state index is 0.467. The number of rotatable bonds is 3. The van der Waals surface area contributed by atoms with E-state index in [1.807, 2.05) is 0 Å². The molecule has 0 aromatic rings. The van der Waals surface area contributed by atoms with E-state index < -0.39 is 0 Å². The number of alkyl halides is 1. The van der Waals surface area contributed by atoms with Crippen molar-refractivity contribution in [3.05, 3.63) is 0 Å². The van der Waals surface area contributed by atoms with Gasteiger partial charge in [0.25, 0.3) is 0 Å². The van der Waals surface area contributed by atoms with Crippen LogP contribution in [-0.2, 0) is 4.74 Å². The molecule has 1 unspecified atom stereocenters. The van der Waals surface area contributed by atoms with Crippen LogP contribution < -0.4 is 0 Å². The van der Waals surface area contributed by atoms with Crippen LogP contribution in [0.1, 0.15) is 33.1 Å². The maximum atomic E-state index is 5.65. The van der Waals surface area contributed by atoms with Crippen molar-refractivity contribution < 1.29 is 4.74 Å². The second kappa shape index (κ2) is 3.90. The first-order chi connectivity index (χ1) is 5.26. The molecule has 0 amide bonds. The number of hydrogen-bond acceptors (Lipinski definition) is 1. The lowest BCUT2D eigenvalue weighted by Crippen LogP contribution is -2.18. The van der Waals surface area contributed by atoms with Crippen LogP contribution in [0, 0.1) is 5.41 Å². The van der Waals surface area contributed by atoms with Gasteiger partial charge in [-0.2, -0.15) is 0 Å². The fraction of sp³-hybridized carbons (Fsp3) is 1.00. The minimum atomic E-state index is 0.467. The Morgan fingerprint density at radius 3 is 2.36 bits per heavy atom. The lowest BCUT2D eigenvalue weighted by atomic mass is 9.81. The van der Waals surface area contributed by atoms with Gasteiger partial charge in [-0.1, -0.05) is 29.8 Å². The molecule has 66 valence electrons. The minimum Gasteiger partial charge on any atom is -0.377 e. The molecule has 0 aliphatic carbocycles. The van der Waals surface area contributed by atoms with Gasteiger partial charge >= 0.3 is 0 Å². The molecule has 0 N–H and O–H groups in total. The van der Waals surface area contributed by atoms with Crippen molar-refractivity contribution >= 4 is 15.9 Å². The molecule has 0 aromatic heterocycles. The summed E-state index contributed by atoms with van der Waals surface area (Å²) in [6.07, 6.45) is 4.22. The van der Waals surface area contributed by atoms with Gasteiger partial charge < -0.3 is 4.74 Å². The lowest BCUT2D eigenvalue weighted by molar-refractivity contribution is 0.106. The first-order valence-corrected chi connectivity index (χ1v) is 5.56. The van der Waals surface area contributed by atoms with Gasteiger partial charge in [-0.25, -0.2) is 0 Å². The summed E-state index contributed by atoms with van der Waals surface area (Å²) in [7, 11) is 0. The molecule has 11 heavy (non-hydrogen) atoms. The monoisotopic (exact) mass is 220 g/mol. The molecule has 1 nitrogen and oxygen atoms in total. The summed E-state index contributed by atoms with van der Waals surface area (Å²) in [6.45, 7) is 5.50.